The lowest BCUT2D eigenvalue weighted by atomic mass is 9.56. The maximum Gasteiger partial charge on any atom is 0.0178 e. The molecular weight excluding hydrogens is 310 g/mol. The summed E-state index contributed by atoms with van der Waals surface area (Å²) in [6, 6.07) is 8.98. The van der Waals surface area contributed by atoms with Crippen LogP contribution in [0.5, 0.6) is 0 Å². The standard InChI is InChI=1S/C18H26BrN/c1-17(2)6-8-18(9-7-17)10-11-20-13-16(18)14-4-3-5-15(19)12-14/h3-5,12,16,20H,6-11,13H2,1-2H3. The van der Waals surface area contributed by atoms with E-state index in [9.17, 15) is 0 Å². The summed E-state index contributed by atoms with van der Waals surface area (Å²) in [5.74, 6) is 0.685. The minimum Gasteiger partial charge on any atom is -0.316 e. The van der Waals surface area contributed by atoms with Crippen molar-refractivity contribution in [2.75, 3.05) is 13.1 Å². The Morgan fingerprint density at radius 1 is 1.10 bits per heavy atom. The van der Waals surface area contributed by atoms with E-state index in [-0.39, 0.29) is 0 Å². The molecule has 110 valence electrons. The zero-order chi connectivity index (χ0) is 14.2. The van der Waals surface area contributed by atoms with Crippen LogP contribution in [-0.4, -0.2) is 13.1 Å². The van der Waals surface area contributed by atoms with Crippen LogP contribution >= 0.6 is 15.9 Å². The summed E-state index contributed by atoms with van der Waals surface area (Å²) < 4.78 is 1.21. The molecule has 1 unspecified atom stereocenters. The minimum absolute atomic E-state index is 0.543. The molecule has 0 bridgehead atoms. The number of benzene rings is 1. The second-order valence-corrected chi connectivity index (χ2v) is 8.50. The van der Waals surface area contributed by atoms with Crippen LogP contribution in [0.3, 0.4) is 0 Å². The van der Waals surface area contributed by atoms with E-state index in [1.807, 2.05) is 0 Å². The second-order valence-electron chi connectivity index (χ2n) is 7.59. The Kier molecular flexibility index (Phi) is 3.98. The molecule has 1 saturated heterocycles. The van der Waals surface area contributed by atoms with Crippen molar-refractivity contribution in [1.82, 2.24) is 5.32 Å². The highest BCUT2D eigenvalue weighted by Crippen LogP contribution is 2.54. The zero-order valence-electron chi connectivity index (χ0n) is 12.7. The van der Waals surface area contributed by atoms with E-state index < -0.39 is 0 Å². The SMILES string of the molecule is CC1(C)CCC2(CCNCC2c2cccc(Br)c2)CC1. The molecule has 1 aromatic carbocycles. The molecule has 20 heavy (non-hydrogen) atoms. The third kappa shape index (κ3) is 2.82. The molecule has 2 heteroatoms. The van der Waals surface area contributed by atoms with E-state index in [1.165, 1.54) is 48.7 Å². The van der Waals surface area contributed by atoms with Crippen LogP contribution in [0, 0.1) is 10.8 Å². The molecule has 1 aromatic rings. The van der Waals surface area contributed by atoms with Crippen LogP contribution < -0.4 is 5.32 Å². The van der Waals surface area contributed by atoms with Crippen LogP contribution in [0.4, 0.5) is 0 Å². The Morgan fingerprint density at radius 3 is 2.55 bits per heavy atom. The summed E-state index contributed by atoms with van der Waals surface area (Å²) in [6.07, 6.45) is 6.92. The van der Waals surface area contributed by atoms with Gasteiger partial charge in [0.2, 0.25) is 0 Å². The Morgan fingerprint density at radius 2 is 1.85 bits per heavy atom. The van der Waals surface area contributed by atoms with Crippen molar-refractivity contribution in [2.45, 2.75) is 51.9 Å². The molecule has 1 N–H and O–H groups in total. The van der Waals surface area contributed by atoms with E-state index in [0.29, 0.717) is 16.7 Å². The summed E-state index contributed by atoms with van der Waals surface area (Å²) in [6.45, 7) is 7.23. The average Bonchev–Trinajstić information content (AvgIpc) is 2.43. The first-order chi connectivity index (χ1) is 9.51. The van der Waals surface area contributed by atoms with Gasteiger partial charge in [-0.25, -0.2) is 0 Å². The zero-order valence-corrected chi connectivity index (χ0v) is 14.3. The van der Waals surface area contributed by atoms with Gasteiger partial charge in [0.15, 0.2) is 0 Å². The highest BCUT2D eigenvalue weighted by atomic mass is 79.9. The van der Waals surface area contributed by atoms with Gasteiger partial charge in [0.25, 0.3) is 0 Å². The molecule has 0 amide bonds. The molecule has 0 aromatic heterocycles. The number of rotatable bonds is 1. The normalized spacial score (nSPS) is 28.4. The van der Waals surface area contributed by atoms with E-state index in [0.717, 1.165) is 6.54 Å². The lowest BCUT2D eigenvalue weighted by molar-refractivity contribution is 0.0498. The van der Waals surface area contributed by atoms with Gasteiger partial charge in [-0.3, -0.25) is 0 Å². The topological polar surface area (TPSA) is 12.0 Å². The lowest BCUT2D eigenvalue weighted by Crippen LogP contribution is -2.46. The van der Waals surface area contributed by atoms with Gasteiger partial charge in [0.1, 0.15) is 0 Å². The van der Waals surface area contributed by atoms with E-state index in [1.54, 1.807) is 0 Å². The predicted octanol–water partition coefficient (Wildman–Crippen LogP) is 5.11. The molecule has 1 aliphatic heterocycles. The first-order valence-electron chi connectivity index (χ1n) is 7.97. The van der Waals surface area contributed by atoms with Crippen molar-refractivity contribution < 1.29 is 0 Å². The summed E-state index contributed by atoms with van der Waals surface area (Å²) >= 11 is 3.64. The van der Waals surface area contributed by atoms with Crippen LogP contribution in [0.2, 0.25) is 0 Å². The fourth-order valence-electron chi connectivity index (χ4n) is 4.19. The van der Waals surface area contributed by atoms with Crippen molar-refractivity contribution in [1.29, 1.82) is 0 Å². The van der Waals surface area contributed by atoms with E-state index in [4.69, 9.17) is 0 Å². The Labute approximate surface area is 131 Å². The molecule has 1 nitrogen and oxygen atoms in total. The highest BCUT2D eigenvalue weighted by molar-refractivity contribution is 9.10. The van der Waals surface area contributed by atoms with Gasteiger partial charge in [-0.05, 0) is 67.2 Å². The highest BCUT2D eigenvalue weighted by Gasteiger charge is 2.45. The predicted molar refractivity (Wildman–Crippen MR) is 89.1 cm³/mol. The van der Waals surface area contributed by atoms with Gasteiger partial charge in [0, 0.05) is 16.9 Å². The van der Waals surface area contributed by atoms with Gasteiger partial charge in [0.05, 0.1) is 0 Å². The van der Waals surface area contributed by atoms with Gasteiger partial charge >= 0.3 is 0 Å². The van der Waals surface area contributed by atoms with Crippen molar-refractivity contribution >= 4 is 15.9 Å². The van der Waals surface area contributed by atoms with Crippen LogP contribution in [0.25, 0.3) is 0 Å². The molecule has 3 rings (SSSR count). The molecule has 1 aliphatic carbocycles. The summed E-state index contributed by atoms with van der Waals surface area (Å²) in [7, 11) is 0. The molecule has 1 saturated carbocycles. The van der Waals surface area contributed by atoms with Gasteiger partial charge in [-0.1, -0.05) is 41.9 Å². The maximum absolute atomic E-state index is 3.64. The Bertz CT molecular complexity index is 470. The fraction of sp³-hybridized carbons (Fsp3) is 0.667. The number of hydrogen-bond acceptors (Lipinski definition) is 1. The lowest BCUT2D eigenvalue weighted by Gasteiger charge is -2.51. The maximum atomic E-state index is 3.64. The summed E-state index contributed by atoms with van der Waals surface area (Å²) in [5, 5.41) is 3.63. The van der Waals surface area contributed by atoms with Crippen molar-refractivity contribution in [2.24, 2.45) is 10.8 Å². The molecule has 1 spiro atoms. The van der Waals surface area contributed by atoms with Crippen molar-refractivity contribution in [3.8, 4) is 0 Å². The van der Waals surface area contributed by atoms with Crippen LogP contribution in [0.1, 0.15) is 57.4 Å². The third-order valence-electron chi connectivity index (χ3n) is 5.74. The molecule has 2 aliphatic rings. The van der Waals surface area contributed by atoms with Gasteiger partial charge < -0.3 is 5.32 Å². The molecular formula is C18H26BrN. The fourth-order valence-corrected chi connectivity index (χ4v) is 4.61. The molecule has 2 fully saturated rings. The first kappa shape index (κ1) is 14.6. The quantitative estimate of drug-likeness (QED) is 0.751. The van der Waals surface area contributed by atoms with Crippen LogP contribution in [-0.2, 0) is 0 Å². The first-order valence-corrected chi connectivity index (χ1v) is 8.76. The summed E-state index contributed by atoms with van der Waals surface area (Å²) in [5.41, 5.74) is 2.62. The van der Waals surface area contributed by atoms with Gasteiger partial charge in [-0.2, -0.15) is 0 Å². The number of halogens is 1. The number of hydrogen-bond donors (Lipinski definition) is 1. The largest absolute Gasteiger partial charge is 0.316 e. The van der Waals surface area contributed by atoms with E-state index >= 15 is 0 Å². The van der Waals surface area contributed by atoms with Crippen LogP contribution in [0.15, 0.2) is 28.7 Å². The molecule has 0 radical (unpaired) electrons. The minimum atomic E-state index is 0.543. The van der Waals surface area contributed by atoms with Crippen molar-refractivity contribution in [3.05, 3.63) is 34.3 Å². The number of piperidine rings is 1. The molecule has 1 atom stereocenters. The second kappa shape index (κ2) is 5.46. The smallest absolute Gasteiger partial charge is 0.0178 e. The Hall–Kier alpha value is -0.340. The third-order valence-corrected chi connectivity index (χ3v) is 6.23. The van der Waals surface area contributed by atoms with E-state index in [2.05, 4.69) is 59.4 Å². The molecule has 1 heterocycles. The number of nitrogens with one attached hydrogen (secondary N) is 1. The Balaban J connectivity index is 1.88. The van der Waals surface area contributed by atoms with Crippen molar-refractivity contribution in [3.63, 3.8) is 0 Å². The summed E-state index contributed by atoms with van der Waals surface area (Å²) in [4.78, 5) is 0. The van der Waals surface area contributed by atoms with Gasteiger partial charge in [-0.15, -0.1) is 0 Å². The average molecular weight is 336 g/mol. The monoisotopic (exact) mass is 335 g/mol.